The molecule has 1 saturated heterocycles. The Morgan fingerprint density at radius 3 is 2.43 bits per heavy atom. The van der Waals surface area contributed by atoms with Crippen molar-refractivity contribution in [3.63, 3.8) is 0 Å². The van der Waals surface area contributed by atoms with Crippen molar-refractivity contribution in [3.05, 3.63) is 0 Å². The highest BCUT2D eigenvalue weighted by Crippen LogP contribution is 2.23. The molecule has 2 atom stereocenters. The van der Waals surface area contributed by atoms with E-state index >= 15 is 0 Å². The summed E-state index contributed by atoms with van der Waals surface area (Å²) < 4.78 is 0. The number of hydrogen-bond donors (Lipinski definition) is 3. The number of urea groups is 1. The predicted molar refractivity (Wildman–Crippen MR) is 77.8 cm³/mol. The minimum Gasteiger partial charge on any atom is -0.481 e. The minimum atomic E-state index is -0.832. The molecule has 0 aromatic heterocycles. The number of hydrogen-bond acceptors (Lipinski definition) is 3. The van der Waals surface area contributed by atoms with Crippen LogP contribution in [0.2, 0.25) is 0 Å². The van der Waals surface area contributed by atoms with Crippen LogP contribution in [0, 0.1) is 11.8 Å². The number of carboxylic acids is 1. The van der Waals surface area contributed by atoms with Gasteiger partial charge in [-0.15, -0.1) is 0 Å². The van der Waals surface area contributed by atoms with Crippen LogP contribution in [0.3, 0.4) is 0 Å². The fourth-order valence-electron chi connectivity index (χ4n) is 2.04. The Bertz CT molecular complexity index is 394. The molecule has 0 aliphatic carbocycles. The highest BCUT2D eigenvalue weighted by Gasteiger charge is 2.37. The van der Waals surface area contributed by atoms with Crippen LogP contribution in [0.5, 0.6) is 0 Å². The number of nitrogens with one attached hydrogen (secondary N) is 2. The van der Waals surface area contributed by atoms with Crippen molar-refractivity contribution >= 4 is 17.9 Å². The molecule has 7 nitrogen and oxygen atoms in total. The Morgan fingerprint density at radius 1 is 1.29 bits per heavy atom. The quantitative estimate of drug-likeness (QED) is 0.643. The topological polar surface area (TPSA) is 98.7 Å². The number of rotatable bonds is 7. The van der Waals surface area contributed by atoms with E-state index in [-0.39, 0.29) is 36.9 Å². The zero-order valence-electron chi connectivity index (χ0n) is 12.9. The molecule has 3 amide bonds. The molecule has 1 fully saturated rings. The number of carbonyl (C=O) groups excluding carboxylic acids is 2. The second-order valence-corrected chi connectivity index (χ2v) is 5.65. The largest absolute Gasteiger partial charge is 0.481 e. The summed E-state index contributed by atoms with van der Waals surface area (Å²) in [4.78, 5) is 35.7. The van der Waals surface area contributed by atoms with Crippen LogP contribution in [0.25, 0.3) is 0 Å². The van der Waals surface area contributed by atoms with Crippen LogP contribution in [0.1, 0.15) is 33.6 Å². The summed E-state index contributed by atoms with van der Waals surface area (Å²) in [5, 5.41) is 14.4. The van der Waals surface area contributed by atoms with Crippen molar-refractivity contribution in [3.8, 4) is 0 Å². The third-order valence-corrected chi connectivity index (χ3v) is 3.94. The molecule has 0 bridgehead atoms. The Kier molecular flexibility index (Phi) is 6.45. The normalized spacial score (nSPS) is 17.6. The lowest BCUT2D eigenvalue weighted by Crippen LogP contribution is -2.56. The molecule has 3 N–H and O–H groups in total. The Labute approximate surface area is 125 Å². The van der Waals surface area contributed by atoms with Crippen LogP contribution < -0.4 is 10.6 Å². The first-order valence-corrected chi connectivity index (χ1v) is 7.40. The summed E-state index contributed by atoms with van der Waals surface area (Å²) in [6, 6.07) is -0.0953. The lowest BCUT2D eigenvalue weighted by atomic mass is 9.87. The molecule has 0 radical (unpaired) electrons. The predicted octanol–water partition coefficient (Wildman–Crippen LogP) is 0.653. The molecule has 1 aliphatic rings. The first-order chi connectivity index (χ1) is 9.85. The summed E-state index contributed by atoms with van der Waals surface area (Å²) in [6.07, 6.45) is 1.12. The van der Waals surface area contributed by atoms with Crippen molar-refractivity contribution in [2.45, 2.75) is 39.7 Å². The van der Waals surface area contributed by atoms with E-state index < -0.39 is 11.9 Å². The van der Waals surface area contributed by atoms with Crippen molar-refractivity contribution in [1.29, 1.82) is 0 Å². The van der Waals surface area contributed by atoms with Gasteiger partial charge in [-0.2, -0.15) is 0 Å². The minimum absolute atomic E-state index is 0.0157. The SMILES string of the molecule is CCC(C)NC(=O)CCNC(=O)N1CC(C(C)C(=O)O)C1. The van der Waals surface area contributed by atoms with E-state index in [0.717, 1.165) is 6.42 Å². The van der Waals surface area contributed by atoms with Crippen molar-refractivity contribution in [2.75, 3.05) is 19.6 Å². The summed E-state index contributed by atoms with van der Waals surface area (Å²) in [6.45, 7) is 6.78. The van der Waals surface area contributed by atoms with Crippen molar-refractivity contribution in [2.24, 2.45) is 11.8 Å². The van der Waals surface area contributed by atoms with Gasteiger partial charge in [0, 0.05) is 38.0 Å². The number of carbonyl (C=O) groups is 3. The maximum absolute atomic E-state index is 11.8. The van der Waals surface area contributed by atoms with Gasteiger partial charge in [0.2, 0.25) is 5.91 Å². The maximum Gasteiger partial charge on any atom is 0.317 e. The van der Waals surface area contributed by atoms with Gasteiger partial charge in [0.25, 0.3) is 0 Å². The molecule has 7 heteroatoms. The van der Waals surface area contributed by atoms with Crippen LogP contribution >= 0.6 is 0 Å². The molecule has 120 valence electrons. The van der Waals surface area contributed by atoms with E-state index in [1.165, 1.54) is 0 Å². The fraction of sp³-hybridized carbons (Fsp3) is 0.786. The van der Waals surface area contributed by atoms with E-state index in [0.29, 0.717) is 13.1 Å². The monoisotopic (exact) mass is 299 g/mol. The second kappa shape index (κ2) is 7.85. The lowest BCUT2D eigenvalue weighted by Gasteiger charge is -2.41. The molecule has 1 aliphatic heterocycles. The number of carboxylic acid groups (broad SMARTS) is 1. The molecule has 0 aromatic rings. The van der Waals surface area contributed by atoms with E-state index in [1.807, 2.05) is 13.8 Å². The number of nitrogens with zero attached hydrogens (tertiary/aromatic N) is 1. The number of amides is 3. The molecular weight excluding hydrogens is 274 g/mol. The molecule has 0 saturated carbocycles. The molecule has 21 heavy (non-hydrogen) atoms. The lowest BCUT2D eigenvalue weighted by molar-refractivity contribution is -0.144. The van der Waals surface area contributed by atoms with E-state index in [4.69, 9.17) is 5.11 Å². The summed E-state index contributed by atoms with van der Waals surface area (Å²) in [5.74, 6) is -1.33. The van der Waals surface area contributed by atoms with E-state index in [1.54, 1.807) is 11.8 Å². The van der Waals surface area contributed by atoms with Gasteiger partial charge in [-0.25, -0.2) is 4.79 Å². The first-order valence-electron chi connectivity index (χ1n) is 7.40. The van der Waals surface area contributed by atoms with Gasteiger partial charge in [0.1, 0.15) is 0 Å². The van der Waals surface area contributed by atoms with Gasteiger partial charge in [-0.1, -0.05) is 13.8 Å². The van der Waals surface area contributed by atoms with Crippen LogP contribution in [-0.4, -0.2) is 53.6 Å². The molecule has 1 rings (SSSR count). The Hall–Kier alpha value is -1.79. The van der Waals surface area contributed by atoms with Gasteiger partial charge in [-0.3, -0.25) is 9.59 Å². The number of aliphatic carboxylic acids is 1. The summed E-state index contributed by atoms with van der Waals surface area (Å²) in [5.41, 5.74) is 0. The molecule has 0 spiro atoms. The van der Waals surface area contributed by atoms with Gasteiger partial charge < -0.3 is 20.6 Å². The third kappa shape index (κ3) is 5.24. The maximum atomic E-state index is 11.8. The summed E-state index contributed by atoms with van der Waals surface area (Å²) >= 11 is 0. The second-order valence-electron chi connectivity index (χ2n) is 5.65. The van der Waals surface area contributed by atoms with Gasteiger partial charge in [0.05, 0.1) is 5.92 Å². The average molecular weight is 299 g/mol. The van der Waals surface area contributed by atoms with Gasteiger partial charge in [0.15, 0.2) is 0 Å². The van der Waals surface area contributed by atoms with Crippen LogP contribution in [0.4, 0.5) is 4.79 Å². The van der Waals surface area contributed by atoms with Crippen LogP contribution in [0.15, 0.2) is 0 Å². The highest BCUT2D eigenvalue weighted by atomic mass is 16.4. The molecular formula is C14H25N3O4. The standard InChI is InChI=1S/C14H25N3O4/c1-4-9(2)16-12(18)5-6-15-14(21)17-7-11(8-17)10(3)13(19)20/h9-11H,4-8H2,1-3H3,(H,15,21)(H,16,18)(H,19,20). The fourth-order valence-corrected chi connectivity index (χ4v) is 2.04. The van der Waals surface area contributed by atoms with Crippen LogP contribution in [-0.2, 0) is 9.59 Å². The third-order valence-electron chi connectivity index (χ3n) is 3.94. The average Bonchev–Trinajstić information content (AvgIpc) is 2.36. The van der Waals surface area contributed by atoms with Gasteiger partial charge in [-0.05, 0) is 13.3 Å². The summed E-state index contributed by atoms with van der Waals surface area (Å²) in [7, 11) is 0. The molecule has 2 unspecified atom stereocenters. The zero-order valence-corrected chi connectivity index (χ0v) is 12.9. The van der Waals surface area contributed by atoms with Crippen molar-refractivity contribution < 1.29 is 19.5 Å². The first kappa shape index (κ1) is 17.3. The molecule has 1 heterocycles. The van der Waals surface area contributed by atoms with E-state index in [2.05, 4.69) is 10.6 Å². The van der Waals surface area contributed by atoms with E-state index in [9.17, 15) is 14.4 Å². The zero-order chi connectivity index (χ0) is 16.0. The molecule has 0 aromatic carbocycles. The Morgan fingerprint density at radius 2 is 1.90 bits per heavy atom. The van der Waals surface area contributed by atoms with Crippen molar-refractivity contribution in [1.82, 2.24) is 15.5 Å². The smallest absolute Gasteiger partial charge is 0.317 e. The van der Waals surface area contributed by atoms with Gasteiger partial charge >= 0.3 is 12.0 Å². The highest BCUT2D eigenvalue weighted by molar-refractivity contribution is 5.79. The Balaban J connectivity index is 2.16. The number of likely N-dealkylation sites (tertiary alicyclic amines) is 1.